The Morgan fingerprint density at radius 3 is 1.80 bits per heavy atom. The number of rotatable bonds is 9. The van der Waals surface area contributed by atoms with Crippen LogP contribution in [0.25, 0.3) is 29.5 Å². The van der Waals surface area contributed by atoms with Crippen LogP contribution in [0.5, 0.6) is 11.5 Å². The molecule has 0 amide bonds. The number of ether oxygens (including phenoxy) is 2. The van der Waals surface area contributed by atoms with E-state index in [9.17, 15) is 19.2 Å². The van der Waals surface area contributed by atoms with E-state index in [1.165, 1.54) is 25.6 Å². The molecule has 3 heterocycles. The number of hydrogen-bond acceptors (Lipinski definition) is 10. The van der Waals surface area contributed by atoms with Gasteiger partial charge in [-0.05, 0) is 102 Å². The summed E-state index contributed by atoms with van der Waals surface area (Å²) in [4.78, 5) is 57.5. The van der Waals surface area contributed by atoms with Gasteiger partial charge in [0, 0.05) is 26.1 Å². The molecule has 2 aliphatic rings. The number of carbonyl (C=O) groups is 4. The molecule has 0 spiro atoms. The van der Waals surface area contributed by atoms with Crippen molar-refractivity contribution in [3.05, 3.63) is 29.1 Å². The van der Waals surface area contributed by atoms with Crippen molar-refractivity contribution in [3.8, 4) is 21.4 Å². The van der Waals surface area contributed by atoms with Crippen molar-refractivity contribution in [1.29, 1.82) is 0 Å². The molecule has 0 N–H and O–H groups in total. The second kappa shape index (κ2) is 13.4. The molecule has 1 atom stereocenters. The summed E-state index contributed by atoms with van der Waals surface area (Å²) in [6.45, 7) is 7.69. The molecule has 238 valence electrons. The van der Waals surface area contributed by atoms with E-state index in [1.807, 2.05) is 11.3 Å². The third kappa shape index (κ3) is 6.79. The van der Waals surface area contributed by atoms with Gasteiger partial charge >= 0.3 is 11.9 Å². The number of thiazole rings is 1. The van der Waals surface area contributed by atoms with Gasteiger partial charge in [-0.1, -0.05) is 13.8 Å². The SMILES string of the molecule is CCC(C)c1cc2sc(-c3nc4c(OC(=O)C5CCC(C(C)=O)CC5)ccc(OC(=O)C5CCC(C(C)=O)CC5)c4s3)cc2s1. The lowest BCUT2D eigenvalue weighted by atomic mass is 9.80. The number of nitrogens with zero attached hydrogens (tertiary/aromatic N) is 1. The molecule has 7 nitrogen and oxygen atoms in total. The lowest BCUT2D eigenvalue weighted by Crippen LogP contribution is -2.28. The standard InChI is InChI=1S/C35H39NO6S3/c1-5-18(2)27-16-28-29(43-27)17-30(44-28)33-36-31-25(41-34(39)23-10-6-21(7-11-23)19(3)37)14-15-26(32(31)45-33)42-35(40)24-12-8-22(9-13-24)20(4)38/h14-18,21-24H,5-13H2,1-4H3. The van der Waals surface area contributed by atoms with Crippen molar-refractivity contribution in [2.75, 3.05) is 0 Å². The lowest BCUT2D eigenvalue weighted by molar-refractivity contribution is -0.141. The summed E-state index contributed by atoms with van der Waals surface area (Å²) >= 11 is 4.95. The zero-order valence-corrected chi connectivity index (χ0v) is 28.6. The number of hydrogen-bond donors (Lipinski definition) is 0. The normalized spacial score (nSPS) is 22.8. The highest BCUT2D eigenvalue weighted by Gasteiger charge is 2.32. The molecule has 4 aromatic rings. The van der Waals surface area contributed by atoms with Gasteiger partial charge in [-0.3, -0.25) is 19.2 Å². The van der Waals surface area contributed by atoms with Crippen LogP contribution in [-0.2, 0) is 19.2 Å². The van der Waals surface area contributed by atoms with Gasteiger partial charge < -0.3 is 9.47 Å². The van der Waals surface area contributed by atoms with Gasteiger partial charge in [0.2, 0.25) is 0 Å². The van der Waals surface area contributed by atoms with Gasteiger partial charge in [-0.25, -0.2) is 4.98 Å². The fourth-order valence-corrected chi connectivity index (χ4v) is 10.1. The van der Waals surface area contributed by atoms with Gasteiger partial charge in [0.05, 0.1) is 16.7 Å². The van der Waals surface area contributed by atoms with Crippen molar-refractivity contribution in [2.45, 2.75) is 91.4 Å². The highest BCUT2D eigenvalue weighted by atomic mass is 32.1. The van der Waals surface area contributed by atoms with Crippen LogP contribution in [0.15, 0.2) is 24.3 Å². The predicted octanol–water partition coefficient (Wildman–Crippen LogP) is 9.35. The summed E-state index contributed by atoms with van der Waals surface area (Å²) in [6, 6.07) is 7.82. The molecule has 45 heavy (non-hydrogen) atoms. The van der Waals surface area contributed by atoms with Crippen molar-refractivity contribution in [1.82, 2.24) is 4.98 Å². The summed E-state index contributed by atoms with van der Waals surface area (Å²) in [7, 11) is 0. The van der Waals surface area contributed by atoms with Crippen LogP contribution >= 0.6 is 34.0 Å². The Bertz CT molecular complexity index is 1630. The molecule has 6 rings (SSSR count). The Morgan fingerprint density at radius 2 is 1.27 bits per heavy atom. The molecule has 1 aromatic carbocycles. The van der Waals surface area contributed by atoms with E-state index in [4.69, 9.17) is 14.5 Å². The minimum Gasteiger partial charge on any atom is -0.425 e. The topological polar surface area (TPSA) is 99.6 Å². The number of aromatic nitrogens is 1. The first-order valence-electron chi connectivity index (χ1n) is 16.0. The third-order valence-electron chi connectivity index (χ3n) is 9.70. The molecule has 10 heteroatoms. The molecule has 0 saturated heterocycles. The second-order valence-electron chi connectivity index (χ2n) is 12.7. The molecule has 2 fully saturated rings. The monoisotopic (exact) mass is 665 g/mol. The number of benzene rings is 1. The number of thiophene rings is 2. The van der Waals surface area contributed by atoms with Crippen LogP contribution in [0.4, 0.5) is 0 Å². The van der Waals surface area contributed by atoms with Gasteiger partial charge in [-0.2, -0.15) is 0 Å². The van der Waals surface area contributed by atoms with Crippen molar-refractivity contribution >= 4 is 77.1 Å². The molecule has 0 aliphatic heterocycles. The zero-order valence-electron chi connectivity index (χ0n) is 26.2. The van der Waals surface area contributed by atoms with E-state index in [2.05, 4.69) is 26.0 Å². The van der Waals surface area contributed by atoms with E-state index < -0.39 is 0 Å². The minimum absolute atomic E-state index is 0.0232. The molecular formula is C35H39NO6S3. The van der Waals surface area contributed by atoms with Gasteiger partial charge in [0.1, 0.15) is 26.8 Å². The van der Waals surface area contributed by atoms with Crippen LogP contribution in [0.2, 0.25) is 0 Å². The smallest absolute Gasteiger partial charge is 0.314 e. The summed E-state index contributed by atoms with van der Waals surface area (Å²) in [5.74, 6) is 0.565. The molecule has 3 aromatic heterocycles. The van der Waals surface area contributed by atoms with E-state index in [0.717, 1.165) is 16.3 Å². The Morgan fingerprint density at radius 1 is 0.756 bits per heavy atom. The maximum Gasteiger partial charge on any atom is 0.314 e. The molecular weight excluding hydrogens is 627 g/mol. The predicted molar refractivity (Wildman–Crippen MR) is 181 cm³/mol. The van der Waals surface area contributed by atoms with Gasteiger partial charge in [-0.15, -0.1) is 34.0 Å². The highest BCUT2D eigenvalue weighted by molar-refractivity contribution is 7.32. The Hall–Kier alpha value is -2.95. The third-order valence-corrected chi connectivity index (χ3v) is 13.5. The van der Waals surface area contributed by atoms with Crippen molar-refractivity contribution < 1.29 is 28.7 Å². The Kier molecular flexibility index (Phi) is 9.54. The number of carbonyl (C=O) groups excluding carboxylic acids is 4. The van der Waals surface area contributed by atoms with Crippen LogP contribution in [-0.4, -0.2) is 28.5 Å². The van der Waals surface area contributed by atoms with Crippen LogP contribution in [0, 0.1) is 23.7 Å². The van der Waals surface area contributed by atoms with Gasteiger partial charge in [0.15, 0.2) is 11.5 Å². The molecule has 1 unspecified atom stereocenters. The molecule has 0 bridgehead atoms. The first-order chi connectivity index (χ1) is 21.6. The second-order valence-corrected chi connectivity index (χ2v) is 15.9. The number of esters is 2. The number of ketones is 2. The maximum absolute atomic E-state index is 13.3. The Labute approximate surface area is 275 Å². The molecule has 2 aliphatic carbocycles. The van der Waals surface area contributed by atoms with E-state index in [1.54, 1.807) is 37.3 Å². The quantitative estimate of drug-likeness (QED) is 0.130. The van der Waals surface area contributed by atoms with Crippen LogP contribution < -0.4 is 9.47 Å². The van der Waals surface area contributed by atoms with E-state index in [-0.39, 0.29) is 47.2 Å². The van der Waals surface area contributed by atoms with Gasteiger partial charge in [0.25, 0.3) is 0 Å². The summed E-state index contributed by atoms with van der Waals surface area (Å²) in [5, 5.41) is 0.785. The summed E-state index contributed by atoms with van der Waals surface area (Å²) < 4.78 is 15.1. The largest absolute Gasteiger partial charge is 0.425 e. The minimum atomic E-state index is -0.311. The number of fused-ring (bicyclic) bond motifs is 2. The first kappa shape index (κ1) is 32.0. The average molecular weight is 666 g/mol. The average Bonchev–Trinajstić information content (AvgIpc) is 3.76. The van der Waals surface area contributed by atoms with E-state index in [0.29, 0.717) is 79.0 Å². The first-order valence-corrected chi connectivity index (χ1v) is 18.5. The maximum atomic E-state index is 13.3. The van der Waals surface area contributed by atoms with Crippen LogP contribution in [0.1, 0.15) is 96.3 Å². The van der Waals surface area contributed by atoms with Crippen molar-refractivity contribution in [3.63, 3.8) is 0 Å². The number of Topliss-reactive ketones (excluding diaryl/α,β-unsaturated/α-hetero) is 2. The zero-order chi connectivity index (χ0) is 31.8. The van der Waals surface area contributed by atoms with Crippen LogP contribution in [0.3, 0.4) is 0 Å². The summed E-state index contributed by atoms with van der Waals surface area (Å²) in [6.07, 6.45) is 6.41. The molecule has 2 saturated carbocycles. The highest BCUT2D eigenvalue weighted by Crippen LogP contribution is 2.46. The Balaban J connectivity index is 1.28. The van der Waals surface area contributed by atoms with E-state index >= 15 is 0 Å². The fourth-order valence-electron chi connectivity index (χ4n) is 6.49. The fraction of sp³-hybridized carbons (Fsp3) is 0.514. The molecule has 0 radical (unpaired) electrons. The summed E-state index contributed by atoms with van der Waals surface area (Å²) in [5.41, 5.74) is 0.503. The van der Waals surface area contributed by atoms with Crippen molar-refractivity contribution in [2.24, 2.45) is 23.7 Å². The lowest BCUT2D eigenvalue weighted by Gasteiger charge is -2.25.